The minimum absolute atomic E-state index is 0.170. The maximum atomic E-state index is 12.2. The molecule has 0 spiro atoms. The second kappa shape index (κ2) is 6.68. The molecule has 0 aliphatic carbocycles. The SMILES string of the molecule is CCCNC(=O)CN(C)S(=O)(=O)c1ccc(C)cc1. The molecule has 0 aliphatic heterocycles. The summed E-state index contributed by atoms with van der Waals surface area (Å²) < 4.78 is 25.5. The molecular weight excluding hydrogens is 264 g/mol. The lowest BCUT2D eigenvalue weighted by Gasteiger charge is -2.16. The summed E-state index contributed by atoms with van der Waals surface area (Å²) in [6.45, 7) is 4.21. The van der Waals surface area contributed by atoms with Crippen molar-refractivity contribution in [3.05, 3.63) is 29.8 Å². The quantitative estimate of drug-likeness (QED) is 0.852. The Balaban J connectivity index is 2.77. The first kappa shape index (κ1) is 15.7. The van der Waals surface area contributed by atoms with Crippen LogP contribution in [0.15, 0.2) is 29.2 Å². The molecule has 0 saturated carbocycles. The van der Waals surface area contributed by atoms with E-state index < -0.39 is 10.0 Å². The fourth-order valence-electron chi connectivity index (χ4n) is 1.50. The monoisotopic (exact) mass is 284 g/mol. The Morgan fingerprint density at radius 1 is 1.26 bits per heavy atom. The molecule has 1 rings (SSSR count). The molecule has 0 saturated heterocycles. The second-order valence-corrected chi connectivity index (χ2v) is 6.47. The molecule has 1 aromatic rings. The lowest BCUT2D eigenvalue weighted by atomic mass is 10.2. The Morgan fingerprint density at radius 2 is 1.84 bits per heavy atom. The molecule has 0 fully saturated rings. The molecule has 0 unspecified atom stereocenters. The highest BCUT2D eigenvalue weighted by molar-refractivity contribution is 7.89. The van der Waals surface area contributed by atoms with E-state index in [1.54, 1.807) is 24.3 Å². The third-order valence-corrected chi connectivity index (χ3v) is 4.49. The van der Waals surface area contributed by atoms with E-state index in [4.69, 9.17) is 0 Å². The molecule has 19 heavy (non-hydrogen) atoms. The van der Waals surface area contributed by atoms with Gasteiger partial charge in [-0.25, -0.2) is 8.42 Å². The van der Waals surface area contributed by atoms with Crippen molar-refractivity contribution in [2.75, 3.05) is 20.1 Å². The molecule has 0 radical (unpaired) electrons. The van der Waals surface area contributed by atoms with Crippen LogP contribution in [0.4, 0.5) is 0 Å². The fourth-order valence-corrected chi connectivity index (χ4v) is 2.62. The largest absolute Gasteiger partial charge is 0.355 e. The van der Waals surface area contributed by atoms with Crippen molar-refractivity contribution in [2.45, 2.75) is 25.2 Å². The van der Waals surface area contributed by atoms with Gasteiger partial charge in [0, 0.05) is 13.6 Å². The molecule has 1 amide bonds. The minimum Gasteiger partial charge on any atom is -0.355 e. The van der Waals surface area contributed by atoms with Gasteiger partial charge in [0.15, 0.2) is 0 Å². The predicted molar refractivity (Wildman–Crippen MR) is 74.3 cm³/mol. The summed E-state index contributed by atoms with van der Waals surface area (Å²) in [4.78, 5) is 11.7. The van der Waals surface area contributed by atoms with Crippen molar-refractivity contribution >= 4 is 15.9 Å². The third kappa shape index (κ3) is 4.33. The van der Waals surface area contributed by atoms with Gasteiger partial charge in [0.2, 0.25) is 15.9 Å². The molecule has 0 bridgehead atoms. The number of nitrogens with one attached hydrogen (secondary N) is 1. The Hall–Kier alpha value is -1.40. The number of amides is 1. The first-order valence-corrected chi connectivity index (χ1v) is 7.61. The molecule has 0 atom stereocenters. The van der Waals surface area contributed by atoms with Crippen LogP contribution in [-0.2, 0) is 14.8 Å². The number of benzene rings is 1. The van der Waals surface area contributed by atoms with Gasteiger partial charge in [-0.1, -0.05) is 24.6 Å². The van der Waals surface area contributed by atoms with E-state index in [0.29, 0.717) is 6.54 Å². The van der Waals surface area contributed by atoms with Crippen molar-refractivity contribution in [2.24, 2.45) is 0 Å². The smallest absolute Gasteiger partial charge is 0.243 e. The minimum atomic E-state index is -3.60. The van der Waals surface area contributed by atoms with E-state index in [1.807, 2.05) is 13.8 Å². The molecule has 1 aromatic carbocycles. The summed E-state index contributed by atoms with van der Waals surface area (Å²) in [5, 5.41) is 2.65. The van der Waals surface area contributed by atoms with E-state index in [0.717, 1.165) is 16.3 Å². The first-order chi connectivity index (χ1) is 8.87. The van der Waals surface area contributed by atoms with Gasteiger partial charge in [-0.3, -0.25) is 4.79 Å². The zero-order valence-electron chi connectivity index (χ0n) is 11.5. The number of hydrogen-bond acceptors (Lipinski definition) is 3. The lowest BCUT2D eigenvalue weighted by Crippen LogP contribution is -2.38. The number of likely N-dealkylation sites (N-methyl/N-ethyl adjacent to an activating group) is 1. The molecule has 6 heteroatoms. The Morgan fingerprint density at radius 3 is 2.37 bits per heavy atom. The molecule has 0 aromatic heterocycles. The summed E-state index contributed by atoms with van der Waals surface area (Å²) in [7, 11) is -2.20. The standard InChI is InChI=1S/C13H20N2O3S/c1-4-9-14-13(16)10-15(3)19(17,18)12-7-5-11(2)6-8-12/h5-8H,4,9-10H2,1-3H3,(H,14,16). The number of carbonyl (C=O) groups excluding carboxylic acids is 1. The maximum Gasteiger partial charge on any atom is 0.243 e. The summed E-state index contributed by atoms with van der Waals surface area (Å²) in [6, 6.07) is 6.56. The van der Waals surface area contributed by atoms with Gasteiger partial charge >= 0.3 is 0 Å². The van der Waals surface area contributed by atoms with Crippen molar-refractivity contribution in [1.29, 1.82) is 0 Å². The van der Waals surface area contributed by atoms with Gasteiger partial charge in [-0.15, -0.1) is 0 Å². The Bertz CT molecular complexity index is 523. The van der Waals surface area contributed by atoms with Crippen LogP contribution in [0.1, 0.15) is 18.9 Å². The van der Waals surface area contributed by atoms with E-state index in [1.165, 1.54) is 7.05 Å². The zero-order valence-corrected chi connectivity index (χ0v) is 12.3. The number of sulfonamides is 1. The number of rotatable bonds is 6. The van der Waals surface area contributed by atoms with Gasteiger partial charge in [0.1, 0.15) is 0 Å². The van der Waals surface area contributed by atoms with Crippen LogP contribution in [0.2, 0.25) is 0 Å². The van der Waals surface area contributed by atoms with Crippen LogP contribution in [0, 0.1) is 6.92 Å². The zero-order chi connectivity index (χ0) is 14.5. The van der Waals surface area contributed by atoms with Gasteiger partial charge in [-0.2, -0.15) is 4.31 Å². The maximum absolute atomic E-state index is 12.2. The van der Waals surface area contributed by atoms with Gasteiger partial charge in [0.05, 0.1) is 11.4 Å². The van der Waals surface area contributed by atoms with Crippen LogP contribution in [0.3, 0.4) is 0 Å². The number of aryl methyl sites for hydroxylation is 1. The highest BCUT2D eigenvalue weighted by Crippen LogP contribution is 2.14. The number of nitrogens with zero attached hydrogens (tertiary/aromatic N) is 1. The molecular formula is C13H20N2O3S. The van der Waals surface area contributed by atoms with Gasteiger partial charge in [0.25, 0.3) is 0 Å². The van der Waals surface area contributed by atoms with Crippen molar-refractivity contribution < 1.29 is 13.2 Å². The fraction of sp³-hybridized carbons (Fsp3) is 0.462. The normalized spacial score (nSPS) is 11.6. The topological polar surface area (TPSA) is 66.5 Å². The Labute approximate surface area is 114 Å². The highest BCUT2D eigenvalue weighted by atomic mass is 32.2. The third-order valence-electron chi connectivity index (χ3n) is 2.67. The summed E-state index contributed by atoms with van der Waals surface area (Å²) in [5.74, 6) is -0.292. The molecule has 106 valence electrons. The average Bonchev–Trinajstić information content (AvgIpc) is 2.36. The molecule has 5 nitrogen and oxygen atoms in total. The first-order valence-electron chi connectivity index (χ1n) is 6.17. The van der Waals surface area contributed by atoms with E-state index >= 15 is 0 Å². The Kier molecular flexibility index (Phi) is 5.50. The number of carbonyl (C=O) groups is 1. The van der Waals surface area contributed by atoms with E-state index in [9.17, 15) is 13.2 Å². The van der Waals surface area contributed by atoms with E-state index in [2.05, 4.69) is 5.32 Å². The second-order valence-electron chi connectivity index (χ2n) is 4.42. The number of hydrogen-bond donors (Lipinski definition) is 1. The van der Waals surface area contributed by atoms with Crippen molar-refractivity contribution in [1.82, 2.24) is 9.62 Å². The van der Waals surface area contributed by atoms with Crippen LogP contribution in [0.5, 0.6) is 0 Å². The van der Waals surface area contributed by atoms with Gasteiger partial charge < -0.3 is 5.32 Å². The molecule has 0 aliphatic rings. The molecule has 0 heterocycles. The lowest BCUT2D eigenvalue weighted by molar-refractivity contribution is -0.121. The molecule has 1 N–H and O–H groups in total. The predicted octanol–water partition coefficient (Wildman–Crippen LogP) is 1.14. The van der Waals surface area contributed by atoms with Crippen molar-refractivity contribution in [3.8, 4) is 0 Å². The summed E-state index contributed by atoms with van der Waals surface area (Å²) in [5.41, 5.74) is 0.988. The summed E-state index contributed by atoms with van der Waals surface area (Å²) in [6.07, 6.45) is 0.820. The summed E-state index contributed by atoms with van der Waals surface area (Å²) >= 11 is 0. The average molecular weight is 284 g/mol. The van der Waals surface area contributed by atoms with E-state index in [-0.39, 0.29) is 17.3 Å². The van der Waals surface area contributed by atoms with Crippen LogP contribution >= 0.6 is 0 Å². The van der Waals surface area contributed by atoms with Crippen LogP contribution < -0.4 is 5.32 Å². The highest BCUT2D eigenvalue weighted by Gasteiger charge is 2.22. The van der Waals surface area contributed by atoms with Gasteiger partial charge in [-0.05, 0) is 25.5 Å². The van der Waals surface area contributed by atoms with Crippen molar-refractivity contribution in [3.63, 3.8) is 0 Å². The van der Waals surface area contributed by atoms with Crippen LogP contribution in [0.25, 0.3) is 0 Å². The van der Waals surface area contributed by atoms with Crippen LogP contribution in [-0.4, -0.2) is 38.8 Å².